The molecule has 40 atom stereocenters. The summed E-state index contributed by atoms with van der Waals surface area (Å²) < 4.78 is 90.8. The van der Waals surface area contributed by atoms with Crippen LogP contribution in [0.2, 0.25) is 0 Å². The first-order chi connectivity index (χ1) is 45.8. The lowest BCUT2D eigenvalue weighted by Gasteiger charge is -2.50. The van der Waals surface area contributed by atoms with E-state index < -0.39 is 299 Å². The summed E-state index contributed by atoms with van der Waals surface area (Å²) in [5, 5.41) is 274. The van der Waals surface area contributed by atoms with Gasteiger partial charge < -0.3 is 209 Å². The Morgan fingerprint density at radius 2 is 0.396 bits per heavy atom. The molecular weight excluding hydrogens is 1320 g/mol. The van der Waals surface area contributed by atoms with Crippen LogP contribution < -0.4 is 5.73 Å². The molecule has 0 aromatic rings. The molecule has 42 heteroatoms. The van der Waals surface area contributed by atoms with Gasteiger partial charge in [0.15, 0.2) is 50.3 Å². The standard InChI is InChI=1S/C54H95NO41/c55-5-3-1-2-4-6-81-47-33(74)40(24(65)16(8-57)82-47)91-49-35(76)42(26(67)18(10-59)84-49)93-51-37(78)44(28(69)20(12-61)86-51)95-53-39(80)46(30(71)22(14-63)88-53)96-54-38(79)45(29(70)21(13-62)89-54)94-52-36(77)43(27(68)19(11-60)87-52)92-50-34(75)41(25(66)17(9-58)85-50)90-48-32(73)31(72)23(64)15(7-56)83-48/h15-54,56-80H,1-14,55H2/t15-,16-,17-,18-,19-,20-,21-,22-,23-,24-,25-,26-,27-,28-,29-,30-,31+,32-,33-,34-,35-,36-,37-,38-,39-,40+,41+,42+,43+,44+,45+,46+,47-,48+,49+,50+,51+,52+,53+,54+/m1/s1. The minimum atomic E-state index is -2.38. The maximum Gasteiger partial charge on any atom is 0.187 e. The zero-order valence-corrected chi connectivity index (χ0v) is 51.3. The van der Waals surface area contributed by atoms with Crippen LogP contribution in [0.1, 0.15) is 25.7 Å². The predicted octanol–water partition coefficient (Wildman–Crippen LogP) is -16.9. The molecule has 0 aromatic carbocycles. The Hall–Kier alpha value is -1.68. The number of rotatable bonds is 29. The van der Waals surface area contributed by atoms with Crippen LogP contribution >= 0.6 is 0 Å². The number of hydrogen-bond donors (Lipinski definition) is 26. The van der Waals surface area contributed by atoms with E-state index in [0.29, 0.717) is 19.4 Å². The lowest BCUT2D eigenvalue weighted by molar-refractivity contribution is -0.402. The third kappa shape index (κ3) is 17.4. The average molecular weight is 1410 g/mol. The molecule has 0 radical (unpaired) electrons. The van der Waals surface area contributed by atoms with Crippen LogP contribution in [0.25, 0.3) is 0 Å². The number of ether oxygens (including phenoxy) is 16. The Morgan fingerprint density at radius 1 is 0.208 bits per heavy atom. The fourth-order valence-electron chi connectivity index (χ4n) is 12.4. The second kappa shape index (κ2) is 36.2. The largest absolute Gasteiger partial charge is 0.394 e. The van der Waals surface area contributed by atoms with Gasteiger partial charge in [-0.25, -0.2) is 0 Å². The van der Waals surface area contributed by atoms with Crippen molar-refractivity contribution in [2.45, 2.75) is 271 Å². The van der Waals surface area contributed by atoms with Gasteiger partial charge in [0.2, 0.25) is 0 Å². The van der Waals surface area contributed by atoms with Gasteiger partial charge in [-0.2, -0.15) is 0 Å². The van der Waals surface area contributed by atoms with Crippen LogP contribution in [0.3, 0.4) is 0 Å². The van der Waals surface area contributed by atoms with Crippen molar-refractivity contribution in [3.05, 3.63) is 0 Å². The van der Waals surface area contributed by atoms with Gasteiger partial charge in [0, 0.05) is 6.61 Å². The molecule has 27 N–H and O–H groups in total. The summed E-state index contributed by atoms with van der Waals surface area (Å²) in [6.45, 7) is -7.67. The molecule has 8 aliphatic rings. The summed E-state index contributed by atoms with van der Waals surface area (Å²) in [5.74, 6) is 0. The van der Waals surface area contributed by atoms with Crippen LogP contribution in [0.5, 0.6) is 0 Å². The van der Waals surface area contributed by atoms with Crippen LogP contribution in [-0.2, 0) is 75.8 Å². The normalized spacial score (nSPS) is 50.6. The molecule has 0 aliphatic carbocycles. The molecule has 8 fully saturated rings. The van der Waals surface area contributed by atoms with Crippen molar-refractivity contribution in [3.8, 4) is 0 Å². The van der Waals surface area contributed by atoms with Gasteiger partial charge in [0.1, 0.15) is 195 Å². The maximum atomic E-state index is 11.9. The average Bonchev–Trinajstić information content (AvgIpc) is 0.784. The van der Waals surface area contributed by atoms with Crippen molar-refractivity contribution >= 4 is 0 Å². The van der Waals surface area contributed by atoms with E-state index in [2.05, 4.69) is 0 Å². The molecule has 8 rings (SSSR count). The van der Waals surface area contributed by atoms with Gasteiger partial charge in [0.05, 0.1) is 52.9 Å². The summed E-state index contributed by atoms with van der Waals surface area (Å²) >= 11 is 0. The highest BCUT2D eigenvalue weighted by atomic mass is 16.8. The van der Waals surface area contributed by atoms with E-state index in [0.717, 1.165) is 12.8 Å². The van der Waals surface area contributed by atoms with Gasteiger partial charge >= 0.3 is 0 Å². The van der Waals surface area contributed by atoms with E-state index in [1.807, 2.05) is 0 Å². The molecule has 562 valence electrons. The summed E-state index contributed by atoms with van der Waals surface area (Å²) in [6.07, 6.45) is -78.0. The Kier molecular flexibility index (Phi) is 30.1. The zero-order valence-electron chi connectivity index (χ0n) is 51.3. The van der Waals surface area contributed by atoms with E-state index in [4.69, 9.17) is 81.5 Å². The van der Waals surface area contributed by atoms with E-state index in [9.17, 15) is 128 Å². The number of hydrogen-bond acceptors (Lipinski definition) is 42. The zero-order chi connectivity index (χ0) is 70.3. The second-order valence-electron chi connectivity index (χ2n) is 24.4. The minimum absolute atomic E-state index is 0.0515. The molecule has 0 bridgehead atoms. The van der Waals surface area contributed by atoms with Gasteiger partial charge in [-0.05, 0) is 19.4 Å². The van der Waals surface area contributed by atoms with E-state index in [1.165, 1.54) is 0 Å². The number of unbranched alkanes of at least 4 members (excludes halogenated alkanes) is 3. The molecule has 0 unspecified atom stereocenters. The molecule has 0 saturated carbocycles. The van der Waals surface area contributed by atoms with Gasteiger partial charge in [0.25, 0.3) is 0 Å². The molecule has 96 heavy (non-hydrogen) atoms. The number of nitrogens with two attached hydrogens (primary N) is 1. The van der Waals surface area contributed by atoms with Crippen molar-refractivity contribution in [2.24, 2.45) is 5.73 Å². The molecule has 8 aliphatic heterocycles. The molecule has 0 spiro atoms. The highest BCUT2D eigenvalue weighted by molar-refractivity contribution is 5.02. The van der Waals surface area contributed by atoms with Crippen LogP contribution in [0, 0.1) is 0 Å². The summed E-state index contributed by atoms with van der Waals surface area (Å²) in [7, 11) is 0. The van der Waals surface area contributed by atoms with Crippen LogP contribution in [-0.4, -0.2) is 439 Å². The first-order valence-corrected chi connectivity index (χ1v) is 31.4. The van der Waals surface area contributed by atoms with Crippen molar-refractivity contribution < 1.29 is 203 Å². The quantitative estimate of drug-likeness (QED) is 0.0309. The Balaban J connectivity index is 0.953. The van der Waals surface area contributed by atoms with E-state index in [1.54, 1.807) is 0 Å². The molecular formula is C54H95NO41. The minimum Gasteiger partial charge on any atom is -0.394 e. The molecule has 0 aromatic heterocycles. The van der Waals surface area contributed by atoms with E-state index >= 15 is 0 Å². The fraction of sp³-hybridized carbons (Fsp3) is 1.00. The summed E-state index contributed by atoms with van der Waals surface area (Å²) in [5.41, 5.74) is 5.55. The SMILES string of the molecule is NCCCCCCO[C@@H]1O[C@H](CO)[C@@H](O)[C@H](O[C@@H]2O[C@H](CO)[C@@H](O)[C@H](O[C@@H]3O[C@H](CO)[C@@H](O)[C@H](O[C@@H]4O[C@H](CO)[C@@H](O)[C@H](O[C@@H]5O[C@H](CO)[C@@H](O)[C@H](O[C@@H]6O[C@H](CO)[C@@H](O)[C@H](O[C@@H]7O[C@H](CO)[C@@H](O)[C@H](O[C@@H]8O[C@H](CO)[C@@H](O)[C@H](O)[C@H]8O)[C@H]7O)[C@H]6O)[C@H]5O)[C@H]4O)[C@H]3O)[C@H]2O)[C@H]1O. The van der Waals surface area contributed by atoms with Crippen molar-refractivity contribution in [1.82, 2.24) is 0 Å². The smallest absolute Gasteiger partial charge is 0.187 e. The van der Waals surface area contributed by atoms with Crippen molar-refractivity contribution in [3.63, 3.8) is 0 Å². The van der Waals surface area contributed by atoms with Crippen molar-refractivity contribution in [2.75, 3.05) is 66.0 Å². The molecule has 42 nitrogen and oxygen atoms in total. The monoisotopic (exact) mass is 1410 g/mol. The first kappa shape index (κ1) is 80.0. The predicted molar refractivity (Wildman–Crippen MR) is 296 cm³/mol. The third-order valence-electron chi connectivity index (χ3n) is 18.0. The Labute approximate surface area is 545 Å². The first-order valence-electron chi connectivity index (χ1n) is 31.4. The highest BCUT2D eigenvalue weighted by Gasteiger charge is 2.60. The lowest BCUT2D eigenvalue weighted by atomic mass is 9.95. The maximum absolute atomic E-state index is 11.9. The fourth-order valence-corrected chi connectivity index (χ4v) is 12.4. The summed E-state index contributed by atoms with van der Waals surface area (Å²) in [4.78, 5) is 0. The third-order valence-corrected chi connectivity index (χ3v) is 18.0. The topological polar surface area (TPSA) is 679 Å². The lowest BCUT2D eigenvalue weighted by Crippen LogP contribution is -2.69. The molecule has 0 amide bonds. The molecule has 8 heterocycles. The number of aliphatic hydroxyl groups is 25. The van der Waals surface area contributed by atoms with Gasteiger partial charge in [-0.15, -0.1) is 0 Å². The summed E-state index contributed by atoms with van der Waals surface area (Å²) in [6, 6.07) is 0. The van der Waals surface area contributed by atoms with Crippen LogP contribution in [0.4, 0.5) is 0 Å². The van der Waals surface area contributed by atoms with Gasteiger partial charge in [-0.3, -0.25) is 0 Å². The van der Waals surface area contributed by atoms with Crippen LogP contribution in [0.15, 0.2) is 0 Å². The van der Waals surface area contributed by atoms with Crippen molar-refractivity contribution in [1.29, 1.82) is 0 Å². The Morgan fingerprint density at radius 3 is 0.615 bits per heavy atom. The number of aliphatic hydroxyl groups excluding tert-OH is 25. The van der Waals surface area contributed by atoms with Gasteiger partial charge in [-0.1, -0.05) is 12.8 Å². The highest BCUT2D eigenvalue weighted by Crippen LogP contribution is 2.39. The van der Waals surface area contributed by atoms with E-state index in [-0.39, 0.29) is 6.61 Å². The second-order valence-corrected chi connectivity index (χ2v) is 24.4. The Bertz CT molecular complexity index is 2270. The molecule has 8 saturated heterocycles.